The highest BCUT2D eigenvalue weighted by molar-refractivity contribution is 7.92. The fraction of sp³-hybridized carbons (Fsp3) is 0.136. The lowest BCUT2D eigenvalue weighted by atomic mass is 10.1. The zero-order valence-electron chi connectivity index (χ0n) is 16.2. The number of amides is 1. The summed E-state index contributed by atoms with van der Waals surface area (Å²) in [6.07, 6.45) is 0. The third-order valence-electron chi connectivity index (χ3n) is 4.19. The van der Waals surface area contributed by atoms with Crippen molar-refractivity contribution in [3.05, 3.63) is 83.9 Å². The van der Waals surface area contributed by atoms with E-state index in [0.29, 0.717) is 34.9 Å². The highest BCUT2D eigenvalue weighted by Gasteiger charge is 2.16. The van der Waals surface area contributed by atoms with Crippen LogP contribution in [0.4, 0.5) is 11.4 Å². The number of carbonyl (C=O) groups is 1. The zero-order chi connectivity index (χ0) is 20.9. The summed E-state index contributed by atoms with van der Waals surface area (Å²) >= 11 is 0. The lowest BCUT2D eigenvalue weighted by Gasteiger charge is -2.12. The largest absolute Gasteiger partial charge is 0.494 e. The molecule has 0 aliphatic heterocycles. The van der Waals surface area contributed by atoms with Crippen LogP contribution in [0.1, 0.15) is 22.8 Å². The third-order valence-corrected chi connectivity index (χ3v) is 5.57. The van der Waals surface area contributed by atoms with Crippen molar-refractivity contribution in [3.63, 3.8) is 0 Å². The van der Waals surface area contributed by atoms with Crippen LogP contribution < -0.4 is 14.8 Å². The highest BCUT2D eigenvalue weighted by atomic mass is 32.2. The normalized spacial score (nSPS) is 11.0. The van der Waals surface area contributed by atoms with Crippen molar-refractivity contribution >= 4 is 27.3 Å². The molecule has 0 atom stereocenters. The second kappa shape index (κ2) is 8.79. The number of sulfonamides is 1. The van der Waals surface area contributed by atoms with Gasteiger partial charge in [0.2, 0.25) is 0 Å². The maximum absolute atomic E-state index is 12.6. The molecule has 0 bridgehead atoms. The Hall–Kier alpha value is -3.32. The number of rotatable bonds is 7. The van der Waals surface area contributed by atoms with E-state index in [-0.39, 0.29) is 10.8 Å². The quantitative estimate of drug-likeness (QED) is 0.603. The molecule has 29 heavy (non-hydrogen) atoms. The fourth-order valence-electron chi connectivity index (χ4n) is 2.76. The van der Waals surface area contributed by atoms with Crippen LogP contribution in [-0.2, 0) is 10.0 Å². The van der Waals surface area contributed by atoms with Gasteiger partial charge in [-0.3, -0.25) is 9.52 Å². The van der Waals surface area contributed by atoms with Gasteiger partial charge < -0.3 is 10.1 Å². The molecule has 0 saturated heterocycles. The molecule has 0 spiro atoms. The van der Waals surface area contributed by atoms with Gasteiger partial charge in [-0.1, -0.05) is 24.3 Å². The molecule has 7 heteroatoms. The Morgan fingerprint density at radius 3 is 2.41 bits per heavy atom. The number of carbonyl (C=O) groups excluding carboxylic acids is 1. The van der Waals surface area contributed by atoms with Crippen LogP contribution in [0.3, 0.4) is 0 Å². The molecule has 2 N–H and O–H groups in total. The second-order valence-corrected chi connectivity index (χ2v) is 8.05. The average molecular weight is 410 g/mol. The van der Waals surface area contributed by atoms with Gasteiger partial charge in [-0.25, -0.2) is 8.42 Å². The van der Waals surface area contributed by atoms with Crippen molar-refractivity contribution in [2.75, 3.05) is 16.6 Å². The number of hydrogen-bond acceptors (Lipinski definition) is 4. The van der Waals surface area contributed by atoms with Crippen LogP contribution in [0.25, 0.3) is 0 Å². The van der Waals surface area contributed by atoms with E-state index in [0.717, 1.165) is 0 Å². The Kier molecular flexibility index (Phi) is 6.19. The minimum Gasteiger partial charge on any atom is -0.494 e. The SMILES string of the molecule is CCOc1cccc(NC(=O)c2ccc(NS(=O)(=O)c3ccccc3)c(C)c2)c1. The van der Waals surface area contributed by atoms with Crippen LogP contribution >= 0.6 is 0 Å². The maximum atomic E-state index is 12.6. The average Bonchev–Trinajstić information content (AvgIpc) is 2.70. The molecule has 150 valence electrons. The van der Waals surface area contributed by atoms with Gasteiger partial charge in [-0.05, 0) is 61.9 Å². The first-order valence-corrected chi connectivity index (χ1v) is 10.6. The molecular weight excluding hydrogens is 388 g/mol. The molecular formula is C22H22N2O4S. The minimum atomic E-state index is -3.69. The monoisotopic (exact) mass is 410 g/mol. The summed E-state index contributed by atoms with van der Waals surface area (Å²) in [7, 11) is -3.69. The number of ether oxygens (including phenoxy) is 1. The number of nitrogens with one attached hydrogen (secondary N) is 2. The summed E-state index contributed by atoms with van der Waals surface area (Å²) in [6, 6.07) is 20.1. The van der Waals surface area contributed by atoms with Crippen molar-refractivity contribution in [2.24, 2.45) is 0 Å². The van der Waals surface area contributed by atoms with E-state index in [9.17, 15) is 13.2 Å². The predicted octanol–water partition coefficient (Wildman–Crippen LogP) is 4.45. The van der Waals surface area contributed by atoms with Gasteiger partial charge >= 0.3 is 0 Å². The highest BCUT2D eigenvalue weighted by Crippen LogP contribution is 2.22. The third kappa shape index (κ3) is 5.14. The molecule has 3 rings (SSSR count). The Labute approximate surface area is 170 Å². The molecule has 6 nitrogen and oxygen atoms in total. The van der Waals surface area contributed by atoms with Crippen molar-refractivity contribution in [1.29, 1.82) is 0 Å². The van der Waals surface area contributed by atoms with Gasteiger partial charge in [0.1, 0.15) is 5.75 Å². The van der Waals surface area contributed by atoms with Gasteiger partial charge in [0.25, 0.3) is 15.9 Å². The standard InChI is InChI=1S/C22H22N2O4S/c1-3-28-19-9-7-8-18(15-19)23-22(25)17-12-13-21(16(2)14-17)24-29(26,27)20-10-5-4-6-11-20/h4-15,24H,3H2,1-2H3,(H,23,25). The molecule has 1 amide bonds. The Morgan fingerprint density at radius 2 is 1.72 bits per heavy atom. The van der Waals surface area contributed by atoms with Crippen molar-refractivity contribution in [2.45, 2.75) is 18.7 Å². The van der Waals surface area contributed by atoms with Crippen molar-refractivity contribution in [3.8, 4) is 5.75 Å². The topological polar surface area (TPSA) is 84.5 Å². The first-order chi connectivity index (χ1) is 13.9. The Morgan fingerprint density at radius 1 is 0.966 bits per heavy atom. The van der Waals surface area contributed by atoms with Crippen molar-refractivity contribution < 1.29 is 17.9 Å². The molecule has 3 aromatic rings. The number of aryl methyl sites for hydroxylation is 1. The minimum absolute atomic E-state index is 0.176. The van der Waals surface area contributed by atoms with Crippen molar-refractivity contribution in [1.82, 2.24) is 0 Å². The van der Waals surface area contributed by atoms with Crippen LogP contribution in [-0.4, -0.2) is 20.9 Å². The molecule has 0 aliphatic carbocycles. The fourth-order valence-corrected chi connectivity index (χ4v) is 3.91. The van der Waals surface area contributed by atoms with E-state index in [2.05, 4.69) is 10.0 Å². The van der Waals surface area contributed by atoms with Crippen LogP contribution in [0.5, 0.6) is 5.75 Å². The molecule has 0 fully saturated rings. The molecule has 0 aliphatic rings. The number of hydrogen-bond donors (Lipinski definition) is 2. The summed E-state index contributed by atoms with van der Waals surface area (Å²) in [5.74, 6) is 0.381. The maximum Gasteiger partial charge on any atom is 0.261 e. The van der Waals surface area contributed by atoms with E-state index in [1.807, 2.05) is 13.0 Å². The summed E-state index contributed by atoms with van der Waals surface area (Å²) < 4.78 is 33.0. The molecule has 0 aromatic heterocycles. The van der Waals surface area contributed by atoms with Gasteiger partial charge in [0.15, 0.2) is 0 Å². The Balaban J connectivity index is 1.75. The summed E-state index contributed by atoms with van der Waals surface area (Å²) in [5, 5.41) is 2.82. The number of anilines is 2. The van der Waals surface area contributed by atoms with Crippen LogP contribution in [0.15, 0.2) is 77.7 Å². The van der Waals surface area contributed by atoms with Gasteiger partial charge in [-0.2, -0.15) is 0 Å². The molecule has 0 heterocycles. The van der Waals surface area contributed by atoms with Crippen LogP contribution in [0.2, 0.25) is 0 Å². The molecule has 0 unspecified atom stereocenters. The van der Waals surface area contributed by atoms with Crippen LogP contribution in [0, 0.1) is 6.92 Å². The van der Waals surface area contributed by atoms with E-state index in [1.165, 1.54) is 12.1 Å². The molecule has 0 saturated carbocycles. The Bertz CT molecular complexity index is 1110. The van der Waals surface area contributed by atoms with E-state index >= 15 is 0 Å². The van der Waals surface area contributed by atoms with E-state index < -0.39 is 10.0 Å². The smallest absolute Gasteiger partial charge is 0.261 e. The molecule has 3 aromatic carbocycles. The predicted molar refractivity (Wildman–Crippen MR) is 114 cm³/mol. The van der Waals surface area contributed by atoms with Gasteiger partial charge in [0, 0.05) is 17.3 Å². The lowest BCUT2D eigenvalue weighted by Crippen LogP contribution is -2.15. The lowest BCUT2D eigenvalue weighted by molar-refractivity contribution is 0.102. The zero-order valence-corrected chi connectivity index (χ0v) is 17.0. The summed E-state index contributed by atoms with van der Waals surface area (Å²) in [5.41, 5.74) is 2.10. The van der Waals surface area contributed by atoms with Gasteiger partial charge in [-0.15, -0.1) is 0 Å². The summed E-state index contributed by atoms with van der Waals surface area (Å²) in [4.78, 5) is 12.7. The second-order valence-electron chi connectivity index (χ2n) is 6.36. The van der Waals surface area contributed by atoms with E-state index in [1.54, 1.807) is 61.5 Å². The first kappa shape index (κ1) is 20.4. The molecule has 0 radical (unpaired) electrons. The van der Waals surface area contributed by atoms with Gasteiger partial charge in [0.05, 0.1) is 17.2 Å². The number of benzene rings is 3. The van der Waals surface area contributed by atoms with E-state index in [4.69, 9.17) is 4.74 Å². The summed E-state index contributed by atoms with van der Waals surface area (Å²) in [6.45, 7) is 4.17. The first-order valence-electron chi connectivity index (χ1n) is 9.12.